The molecule has 1 heterocycles. The Morgan fingerprint density at radius 1 is 1.23 bits per heavy atom. The second-order valence-corrected chi connectivity index (χ2v) is 6.82. The monoisotopic (exact) mass is 445 g/mol. The van der Waals surface area contributed by atoms with Crippen LogP contribution in [0.25, 0.3) is 6.08 Å². The number of anilines is 2. The van der Waals surface area contributed by atoms with Crippen LogP contribution in [0.1, 0.15) is 12.6 Å². The summed E-state index contributed by atoms with van der Waals surface area (Å²) in [7, 11) is 0. The summed E-state index contributed by atoms with van der Waals surface area (Å²) in [6.45, 7) is 1.26. The van der Waals surface area contributed by atoms with Crippen LogP contribution < -0.4 is 9.64 Å². The van der Waals surface area contributed by atoms with Gasteiger partial charge in [-0.25, -0.2) is 18.6 Å². The van der Waals surface area contributed by atoms with Gasteiger partial charge in [0.1, 0.15) is 11.6 Å². The molecule has 1 amide bonds. The molecule has 0 aliphatic heterocycles. The van der Waals surface area contributed by atoms with Gasteiger partial charge >= 0.3 is 11.7 Å². The van der Waals surface area contributed by atoms with Gasteiger partial charge in [0.2, 0.25) is 11.7 Å². The maximum atomic E-state index is 14.1. The van der Waals surface area contributed by atoms with E-state index < -0.39 is 39.9 Å². The number of rotatable bonds is 6. The minimum absolute atomic E-state index is 0.0257. The van der Waals surface area contributed by atoms with E-state index in [0.29, 0.717) is 0 Å². The maximum Gasteiger partial charge on any atom is 0.336 e. The molecular formula is C20H13F2N3O5S. The fourth-order valence-corrected chi connectivity index (χ4v) is 3.36. The zero-order valence-electron chi connectivity index (χ0n) is 15.8. The van der Waals surface area contributed by atoms with Gasteiger partial charge in [0, 0.05) is 30.5 Å². The lowest BCUT2D eigenvalue weighted by Crippen LogP contribution is -2.23. The van der Waals surface area contributed by atoms with Gasteiger partial charge < -0.3 is 4.74 Å². The number of ether oxygens (including phenoxy) is 1. The number of nitro groups is 1. The number of nitro benzene ring substituents is 1. The number of amides is 1. The summed E-state index contributed by atoms with van der Waals surface area (Å²) in [6, 6.07) is 8.18. The number of hydrogen-bond acceptors (Lipinski definition) is 7. The Bertz CT molecular complexity index is 1200. The van der Waals surface area contributed by atoms with Gasteiger partial charge in [-0.05, 0) is 24.3 Å². The molecule has 0 fully saturated rings. The third-order valence-electron chi connectivity index (χ3n) is 3.83. The topological polar surface area (TPSA) is 103 Å². The van der Waals surface area contributed by atoms with Crippen molar-refractivity contribution in [1.82, 2.24) is 4.98 Å². The first kappa shape index (κ1) is 21.7. The molecule has 0 aliphatic carbocycles. The van der Waals surface area contributed by atoms with Crippen molar-refractivity contribution < 1.29 is 28.0 Å². The zero-order valence-corrected chi connectivity index (χ0v) is 16.6. The summed E-state index contributed by atoms with van der Waals surface area (Å²) >= 11 is 1.04. The van der Waals surface area contributed by atoms with Crippen LogP contribution in [0.15, 0.2) is 53.9 Å². The predicted octanol–water partition coefficient (Wildman–Crippen LogP) is 4.63. The molecule has 0 radical (unpaired) electrons. The van der Waals surface area contributed by atoms with Gasteiger partial charge in [0.05, 0.1) is 16.3 Å². The van der Waals surface area contributed by atoms with E-state index in [-0.39, 0.29) is 16.5 Å². The SMILES string of the molecule is CC(=O)N(c1nc(C=CC(=O)Oc2cc(F)ccc2[N+](=O)[O-])cs1)c1ccccc1F. The van der Waals surface area contributed by atoms with Crippen LogP contribution in [0, 0.1) is 21.7 Å². The highest BCUT2D eigenvalue weighted by Crippen LogP contribution is 2.31. The summed E-state index contributed by atoms with van der Waals surface area (Å²) < 4.78 is 32.3. The molecule has 0 saturated carbocycles. The molecule has 0 aliphatic rings. The number of nitrogens with zero attached hydrogens (tertiary/aromatic N) is 3. The fourth-order valence-electron chi connectivity index (χ4n) is 2.51. The molecule has 3 aromatic rings. The number of carbonyl (C=O) groups is 2. The molecule has 3 rings (SSSR count). The minimum Gasteiger partial charge on any atom is -0.416 e. The Morgan fingerprint density at radius 2 is 1.97 bits per heavy atom. The van der Waals surface area contributed by atoms with Crippen molar-refractivity contribution in [2.24, 2.45) is 0 Å². The van der Waals surface area contributed by atoms with E-state index in [4.69, 9.17) is 4.74 Å². The lowest BCUT2D eigenvalue weighted by molar-refractivity contribution is -0.385. The quantitative estimate of drug-likeness (QED) is 0.180. The van der Waals surface area contributed by atoms with Crippen molar-refractivity contribution in [3.8, 4) is 5.75 Å². The number of halogens is 2. The number of aromatic nitrogens is 1. The van der Waals surface area contributed by atoms with Crippen molar-refractivity contribution in [2.75, 3.05) is 4.90 Å². The maximum absolute atomic E-state index is 14.1. The van der Waals surface area contributed by atoms with Crippen LogP contribution in [0.3, 0.4) is 0 Å². The first-order chi connectivity index (χ1) is 14.8. The lowest BCUT2D eigenvalue weighted by Gasteiger charge is -2.18. The van der Waals surface area contributed by atoms with E-state index in [1.54, 1.807) is 6.07 Å². The summed E-state index contributed by atoms with van der Waals surface area (Å²) in [5.41, 5.74) is -0.285. The molecule has 158 valence electrons. The van der Waals surface area contributed by atoms with Crippen molar-refractivity contribution in [3.63, 3.8) is 0 Å². The average Bonchev–Trinajstić information content (AvgIpc) is 3.16. The molecular weight excluding hydrogens is 432 g/mol. The van der Waals surface area contributed by atoms with E-state index in [0.717, 1.165) is 40.5 Å². The number of para-hydroxylation sites is 1. The second-order valence-electron chi connectivity index (χ2n) is 5.98. The van der Waals surface area contributed by atoms with Gasteiger partial charge in [-0.1, -0.05) is 12.1 Å². The first-order valence-corrected chi connectivity index (χ1v) is 9.49. The average molecular weight is 445 g/mol. The Kier molecular flexibility index (Phi) is 6.46. The van der Waals surface area contributed by atoms with Crippen LogP contribution in [0.2, 0.25) is 0 Å². The second kappa shape index (κ2) is 9.22. The van der Waals surface area contributed by atoms with Crippen LogP contribution in [0.5, 0.6) is 5.75 Å². The normalized spacial score (nSPS) is 10.8. The molecule has 11 heteroatoms. The molecule has 1 aromatic heterocycles. The summed E-state index contributed by atoms with van der Waals surface area (Å²) in [5, 5.41) is 12.6. The summed E-state index contributed by atoms with van der Waals surface area (Å²) in [4.78, 5) is 39.5. The molecule has 0 N–H and O–H groups in total. The number of thiazole rings is 1. The van der Waals surface area contributed by atoms with E-state index in [9.17, 15) is 28.5 Å². The molecule has 0 unspecified atom stereocenters. The van der Waals surface area contributed by atoms with Crippen LogP contribution in [0.4, 0.5) is 25.3 Å². The third kappa shape index (κ3) is 5.14. The molecule has 0 saturated heterocycles. The third-order valence-corrected chi connectivity index (χ3v) is 4.67. The number of hydrogen-bond donors (Lipinski definition) is 0. The number of esters is 1. The minimum atomic E-state index is -0.999. The van der Waals surface area contributed by atoms with Crippen molar-refractivity contribution in [2.45, 2.75) is 6.92 Å². The largest absolute Gasteiger partial charge is 0.416 e. The van der Waals surface area contributed by atoms with Gasteiger partial charge in [-0.3, -0.25) is 19.8 Å². The molecule has 8 nitrogen and oxygen atoms in total. The van der Waals surface area contributed by atoms with E-state index in [1.165, 1.54) is 36.6 Å². The van der Waals surface area contributed by atoms with Gasteiger partial charge in [0.15, 0.2) is 5.13 Å². The standard InChI is InChI=1S/C20H13F2N3O5S/c1-12(26)24(16-5-3-2-4-15(16)22)20-23-14(11-31-20)7-9-19(27)30-18-10-13(21)6-8-17(18)25(28)29/h2-11H,1H3. The van der Waals surface area contributed by atoms with Gasteiger partial charge in [-0.2, -0.15) is 0 Å². The van der Waals surface area contributed by atoms with E-state index in [1.807, 2.05) is 0 Å². The van der Waals surface area contributed by atoms with Crippen LogP contribution in [-0.4, -0.2) is 21.8 Å². The van der Waals surface area contributed by atoms with Gasteiger partial charge in [0.25, 0.3) is 0 Å². The Balaban J connectivity index is 1.78. The van der Waals surface area contributed by atoms with Crippen molar-refractivity contribution in [3.05, 3.63) is 81.4 Å². The van der Waals surface area contributed by atoms with E-state index in [2.05, 4.69) is 4.98 Å². The van der Waals surface area contributed by atoms with E-state index >= 15 is 0 Å². The fraction of sp³-hybridized carbons (Fsp3) is 0.0500. The molecule has 0 atom stereocenters. The molecule has 31 heavy (non-hydrogen) atoms. The van der Waals surface area contributed by atoms with Crippen molar-refractivity contribution >= 4 is 45.8 Å². The highest BCUT2D eigenvalue weighted by atomic mass is 32.1. The van der Waals surface area contributed by atoms with Gasteiger partial charge in [-0.15, -0.1) is 11.3 Å². The number of benzene rings is 2. The first-order valence-electron chi connectivity index (χ1n) is 8.61. The Labute approximate surface area is 178 Å². The zero-order chi connectivity index (χ0) is 22.5. The highest BCUT2D eigenvalue weighted by molar-refractivity contribution is 7.14. The summed E-state index contributed by atoms with van der Waals surface area (Å²) in [6.07, 6.45) is 2.18. The molecule has 2 aromatic carbocycles. The lowest BCUT2D eigenvalue weighted by atomic mass is 10.3. The molecule has 0 bridgehead atoms. The van der Waals surface area contributed by atoms with Crippen LogP contribution >= 0.6 is 11.3 Å². The highest BCUT2D eigenvalue weighted by Gasteiger charge is 2.21. The predicted molar refractivity (Wildman–Crippen MR) is 109 cm³/mol. The smallest absolute Gasteiger partial charge is 0.336 e. The summed E-state index contributed by atoms with van der Waals surface area (Å²) in [5.74, 6) is -3.42. The van der Waals surface area contributed by atoms with Crippen molar-refractivity contribution in [1.29, 1.82) is 0 Å². The molecule has 0 spiro atoms. The Morgan fingerprint density at radius 3 is 2.65 bits per heavy atom. The van der Waals surface area contributed by atoms with Crippen LogP contribution in [-0.2, 0) is 9.59 Å². The number of carbonyl (C=O) groups excluding carboxylic acids is 2. The Hall–Kier alpha value is -3.99.